The van der Waals surface area contributed by atoms with E-state index in [2.05, 4.69) is 102 Å². The van der Waals surface area contributed by atoms with Gasteiger partial charge in [-0.05, 0) is 93.7 Å². The minimum Gasteiger partial charge on any atom is -0.411 e. The van der Waals surface area contributed by atoms with Gasteiger partial charge in [-0.3, -0.25) is 0 Å². The molecule has 8 heteroatoms. The van der Waals surface area contributed by atoms with Gasteiger partial charge in [0.1, 0.15) is 5.60 Å². The monoisotopic (exact) mass is 674 g/mol. The summed E-state index contributed by atoms with van der Waals surface area (Å²) in [5, 5.41) is 0.848. The maximum atomic E-state index is 7.51. The van der Waals surface area contributed by atoms with Gasteiger partial charge in [0.15, 0.2) is 25.0 Å². The lowest BCUT2D eigenvalue weighted by Gasteiger charge is -2.50. The second-order valence-corrected chi connectivity index (χ2v) is 40.0. The standard InChI is InChI=1S/C34H75O3PSi4/c1-16-30-34(9)31(17-2)36-40(12,13)24-20-28-42(27-19-23-39(10,11)35-30,29-21-25-41(14,15)37-34)26-18-22-38(32(3,4)5)33(6,7)8/h30-31H,16-29H2,1-15H3. The van der Waals surface area contributed by atoms with Gasteiger partial charge < -0.3 is 13.3 Å². The summed E-state index contributed by atoms with van der Waals surface area (Å²) in [6.07, 6.45) is 9.29. The molecule has 2 aliphatic heterocycles. The third-order valence-corrected chi connectivity index (χ3v) is 27.8. The number of hydrogen-bond acceptors (Lipinski definition) is 3. The molecular formula is C34H75O3PSi4. The quantitative estimate of drug-likeness (QED) is 0.207. The van der Waals surface area contributed by atoms with Crippen LogP contribution in [0.25, 0.3) is 0 Å². The van der Waals surface area contributed by atoms with E-state index in [1.807, 2.05) is 0 Å². The van der Waals surface area contributed by atoms with Crippen LogP contribution in [-0.4, -0.2) is 67.3 Å². The predicted octanol–water partition coefficient (Wildman–Crippen LogP) is 12.1. The fourth-order valence-corrected chi connectivity index (χ4v) is 26.4. The highest BCUT2D eigenvalue weighted by Gasteiger charge is 2.50. The van der Waals surface area contributed by atoms with E-state index in [-0.39, 0.29) is 25.7 Å². The molecule has 2 heterocycles. The van der Waals surface area contributed by atoms with Gasteiger partial charge in [-0.1, -0.05) is 113 Å². The van der Waals surface area contributed by atoms with E-state index in [1.165, 1.54) is 68.1 Å². The molecule has 2 fully saturated rings. The molecule has 2 unspecified atom stereocenters. The fourth-order valence-electron chi connectivity index (χ4n) is 8.79. The highest BCUT2D eigenvalue weighted by molar-refractivity contribution is 7.60. The van der Waals surface area contributed by atoms with Gasteiger partial charge >= 0.3 is 0 Å². The van der Waals surface area contributed by atoms with E-state index in [4.69, 9.17) is 13.3 Å². The van der Waals surface area contributed by atoms with E-state index in [0.29, 0.717) is 10.3 Å². The minimum atomic E-state index is -1.93. The molecule has 250 valence electrons. The Balaban J connectivity index is 2.55. The summed E-state index contributed by atoms with van der Waals surface area (Å²) in [4.78, 5) is 0. The first-order valence-corrected chi connectivity index (χ1v) is 31.5. The Kier molecular flexibility index (Phi) is 14.0. The maximum absolute atomic E-state index is 7.51. The smallest absolute Gasteiger partial charge is 0.187 e. The third kappa shape index (κ3) is 11.5. The van der Waals surface area contributed by atoms with Crippen LogP contribution in [-0.2, 0) is 13.3 Å². The van der Waals surface area contributed by atoms with Gasteiger partial charge in [0.2, 0.25) is 0 Å². The summed E-state index contributed by atoms with van der Waals surface area (Å²) in [6, 6.07) is 9.97. The fraction of sp³-hybridized carbons (Fsp3) is 1.00. The molecule has 2 aliphatic rings. The molecule has 2 bridgehead atoms. The zero-order chi connectivity index (χ0) is 32.3. The molecular weight excluding hydrogens is 600 g/mol. The van der Waals surface area contributed by atoms with E-state index in [0.717, 1.165) is 12.8 Å². The third-order valence-electron chi connectivity index (χ3n) is 10.6. The van der Waals surface area contributed by atoms with Crippen LogP contribution in [0.2, 0.25) is 81.6 Å². The minimum absolute atomic E-state index is 0.0213. The van der Waals surface area contributed by atoms with Crippen LogP contribution in [0, 0.1) is 0 Å². The second-order valence-electron chi connectivity index (χ2n) is 18.3. The normalized spacial score (nSPS) is 33.4. The van der Waals surface area contributed by atoms with Crippen molar-refractivity contribution in [2.75, 3.05) is 6.16 Å². The van der Waals surface area contributed by atoms with Gasteiger partial charge in [0.25, 0.3) is 0 Å². The van der Waals surface area contributed by atoms with Gasteiger partial charge in [0, 0.05) is 0 Å². The van der Waals surface area contributed by atoms with Gasteiger partial charge in [0.05, 0.1) is 20.3 Å². The van der Waals surface area contributed by atoms with E-state index in [9.17, 15) is 0 Å². The van der Waals surface area contributed by atoms with Crippen LogP contribution in [0.15, 0.2) is 0 Å². The molecule has 2 saturated heterocycles. The van der Waals surface area contributed by atoms with Gasteiger partial charge in [-0.25, -0.2) is 0 Å². The number of rotatable bonds is 6. The molecule has 42 heavy (non-hydrogen) atoms. The van der Waals surface area contributed by atoms with Crippen LogP contribution >= 0.6 is 7.92 Å². The molecule has 0 aromatic heterocycles. The highest BCUT2D eigenvalue weighted by atomic mass is 31.1. The molecule has 0 amide bonds. The summed E-state index contributed by atoms with van der Waals surface area (Å²) in [5.41, 5.74) is -0.374. The van der Waals surface area contributed by atoms with Crippen LogP contribution in [0.5, 0.6) is 0 Å². The molecule has 0 saturated carbocycles. The van der Waals surface area contributed by atoms with Crippen molar-refractivity contribution in [2.45, 2.75) is 211 Å². The maximum Gasteiger partial charge on any atom is 0.187 e. The lowest BCUT2D eigenvalue weighted by Crippen LogP contribution is -2.61. The lowest BCUT2D eigenvalue weighted by atomic mass is 9.89. The molecule has 0 aromatic carbocycles. The van der Waals surface area contributed by atoms with Crippen molar-refractivity contribution in [3.8, 4) is 0 Å². The van der Waals surface area contributed by atoms with Crippen LogP contribution in [0.1, 0.15) is 101 Å². The van der Waals surface area contributed by atoms with Gasteiger partial charge in [-0.2, -0.15) is 0 Å². The SMILES string of the molecule is CCC1O[Si](C)(C)CCC[Si]2(CCCP(C(C)(C)C)C(C)(C)C)CCC[Si](C)(C)OC(CC)C1(C)O[Si](C)(C)CCC2. The zero-order valence-electron chi connectivity index (χ0n) is 31.2. The first-order valence-electron chi connectivity index (χ1n) is 17.8. The van der Waals surface area contributed by atoms with Crippen molar-refractivity contribution in [1.82, 2.24) is 0 Å². The van der Waals surface area contributed by atoms with Crippen LogP contribution in [0.3, 0.4) is 0 Å². The summed E-state index contributed by atoms with van der Waals surface area (Å²) in [7, 11) is -7.12. The molecule has 0 aliphatic carbocycles. The number of fused-ring (bicyclic) bond motifs is 6. The van der Waals surface area contributed by atoms with Crippen molar-refractivity contribution in [3.63, 3.8) is 0 Å². The van der Waals surface area contributed by atoms with Crippen molar-refractivity contribution >= 4 is 40.9 Å². The largest absolute Gasteiger partial charge is 0.411 e. The topological polar surface area (TPSA) is 27.7 Å². The van der Waals surface area contributed by atoms with Crippen molar-refractivity contribution in [1.29, 1.82) is 0 Å². The Hall–Kier alpha value is 1.18. The molecule has 0 spiro atoms. The summed E-state index contributed by atoms with van der Waals surface area (Å²) in [6.45, 7) is 37.0. The Morgan fingerprint density at radius 2 is 1.02 bits per heavy atom. The van der Waals surface area contributed by atoms with Gasteiger partial charge in [-0.15, -0.1) is 0 Å². The predicted molar refractivity (Wildman–Crippen MR) is 201 cm³/mol. The average molecular weight is 675 g/mol. The van der Waals surface area contributed by atoms with Crippen molar-refractivity contribution < 1.29 is 13.3 Å². The molecule has 0 radical (unpaired) electrons. The Morgan fingerprint density at radius 3 is 1.38 bits per heavy atom. The Bertz CT molecular complexity index is 788. The van der Waals surface area contributed by atoms with E-state index in [1.54, 1.807) is 6.04 Å². The summed E-state index contributed by atoms with van der Waals surface area (Å²) < 4.78 is 22.1. The Labute approximate surface area is 270 Å². The van der Waals surface area contributed by atoms with Crippen LogP contribution < -0.4 is 0 Å². The first-order chi connectivity index (χ1) is 19.0. The zero-order valence-corrected chi connectivity index (χ0v) is 36.1. The number of hydrogen-bond donors (Lipinski definition) is 0. The van der Waals surface area contributed by atoms with E-state index >= 15 is 0 Å². The molecule has 2 rings (SSSR count). The molecule has 2 atom stereocenters. The molecule has 3 nitrogen and oxygen atoms in total. The second kappa shape index (κ2) is 14.9. The average Bonchev–Trinajstić information content (AvgIpc) is 2.81. The highest BCUT2D eigenvalue weighted by Crippen LogP contribution is 2.60. The lowest BCUT2D eigenvalue weighted by molar-refractivity contribution is -0.111. The summed E-state index contributed by atoms with van der Waals surface area (Å²) >= 11 is 0. The summed E-state index contributed by atoms with van der Waals surface area (Å²) in [5.74, 6) is 0. The molecule has 0 N–H and O–H groups in total. The molecule has 0 aromatic rings. The first kappa shape index (κ1) is 39.4. The van der Waals surface area contributed by atoms with Crippen LogP contribution in [0.4, 0.5) is 0 Å². The van der Waals surface area contributed by atoms with Crippen molar-refractivity contribution in [2.24, 2.45) is 0 Å². The van der Waals surface area contributed by atoms with E-state index < -0.39 is 33.0 Å². The Morgan fingerprint density at radius 1 is 0.643 bits per heavy atom. The van der Waals surface area contributed by atoms with Crippen molar-refractivity contribution in [3.05, 3.63) is 0 Å².